The van der Waals surface area contributed by atoms with Crippen LogP contribution in [0.3, 0.4) is 0 Å². The van der Waals surface area contributed by atoms with Gasteiger partial charge in [-0.05, 0) is 18.8 Å². The topological polar surface area (TPSA) is 26.3 Å². The van der Waals surface area contributed by atoms with Crippen LogP contribution in [0, 0.1) is 17.8 Å². The minimum Gasteiger partial charge on any atom is -0.465 e. The fourth-order valence-electron chi connectivity index (χ4n) is 3.19. The molecule has 2 nitrogen and oxygen atoms in total. The maximum atomic E-state index is 11.4. The van der Waals surface area contributed by atoms with Gasteiger partial charge in [-0.2, -0.15) is 0 Å². The van der Waals surface area contributed by atoms with Crippen molar-refractivity contribution in [3.05, 3.63) is 0 Å². The first-order valence-corrected chi connectivity index (χ1v) is 6.48. The monoisotopic (exact) mass is 210 g/mol. The number of hydrogen-bond donors (Lipinski definition) is 0. The Balaban J connectivity index is 1.85. The number of cyclic esters (lactones) is 1. The number of hydrogen-bond acceptors (Lipinski definition) is 2. The fraction of sp³-hybridized carbons (Fsp3) is 0.923. The summed E-state index contributed by atoms with van der Waals surface area (Å²) in [5.74, 6) is 1.64. The summed E-state index contributed by atoms with van der Waals surface area (Å²) < 4.78 is 5.17. The Kier molecular flexibility index (Phi) is 3.66. The largest absolute Gasteiger partial charge is 0.465 e. The first-order valence-electron chi connectivity index (χ1n) is 6.48. The molecule has 0 aromatic carbocycles. The molecule has 15 heavy (non-hydrogen) atoms. The van der Waals surface area contributed by atoms with Crippen LogP contribution in [0.4, 0.5) is 0 Å². The average Bonchev–Trinajstić information content (AvgIpc) is 2.61. The van der Waals surface area contributed by atoms with Gasteiger partial charge in [0.15, 0.2) is 0 Å². The molecule has 0 bridgehead atoms. The lowest BCUT2D eigenvalue weighted by molar-refractivity contribution is -0.141. The molecular weight excluding hydrogens is 188 g/mol. The number of carbonyl (C=O) groups is 1. The smallest absolute Gasteiger partial charge is 0.309 e. The lowest BCUT2D eigenvalue weighted by Gasteiger charge is -2.25. The van der Waals surface area contributed by atoms with Crippen molar-refractivity contribution in [2.75, 3.05) is 6.61 Å². The number of ether oxygens (including phenoxy) is 1. The van der Waals surface area contributed by atoms with Gasteiger partial charge in [0, 0.05) is 5.92 Å². The van der Waals surface area contributed by atoms with Crippen LogP contribution >= 0.6 is 0 Å². The summed E-state index contributed by atoms with van der Waals surface area (Å²) in [6.45, 7) is 2.79. The Bertz CT molecular complexity index is 219. The summed E-state index contributed by atoms with van der Waals surface area (Å²) in [6.07, 6.45) is 9.13. The van der Waals surface area contributed by atoms with E-state index in [9.17, 15) is 4.79 Å². The summed E-state index contributed by atoms with van der Waals surface area (Å²) >= 11 is 0. The second-order valence-electron chi connectivity index (χ2n) is 5.14. The zero-order valence-electron chi connectivity index (χ0n) is 9.71. The average molecular weight is 210 g/mol. The molecular formula is C13H22O2. The fourth-order valence-corrected chi connectivity index (χ4v) is 3.19. The van der Waals surface area contributed by atoms with Crippen molar-refractivity contribution in [3.63, 3.8) is 0 Å². The molecule has 2 rings (SSSR count). The minimum absolute atomic E-state index is 0.0540. The lowest BCUT2D eigenvalue weighted by Crippen LogP contribution is -2.19. The molecule has 0 spiro atoms. The van der Waals surface area contributed by atoms with Crippen LogP contribution in [0.1, 0.15) is 51.9 Å². The molecule has 2 heteroatoms. The van der Waals surface area contributed by atoms with E-state index in [-0.39, 0.29) is 11.9 Å². The second kappa shape index (κ2) is 5.00. The Morgan fingerprint density at radius 2 is 2.00 bits per heavy atom. The van der Waals surface area contributed by atoms with E-state index in [1.54, 1.807) is 0 Å². The van der Waals surface area contributed by atoms with Gasteiger partial charge >= 0.3 is 5.97 Å². The van der Waals surface area contributed by atoms with Gasteiger partial charge in [0.2, 0.25) is 0 Å². The van der Waals surface area contributed by atoms with Crippen LogP contribution < -0.4 is 0 Å². The second-order valence-corrected chi connectivity index (χ2v) is 5.14. The summed E-state index contributed by atoms with van der Waals surface area (Å²) in [5, 5.41) is 0. The first-order chi connectivity index (χ1) is 7.31. The quantitative estimate of drug-likeness (QED) is 0.669. The minimum atomic E-state index is 0.0540. The summed E-state index contributed by atoms with van der Waals surface area (Å²) in [7, 11) is 0. The van der Waals surface area contributed by atoms with Gasteiger partial charge in [0.25, 0.3) is 0 Å². The number of esters is 1. The van der Waals surface area contributed by atoms with Crippen LogP contribution in [0.2, 0.25) is 0 Å². The van der Waals surface area contributed by atoms with E-state index in [4.69, 9.17) is 4.74 Å². The van der Waals surface area contributed by atoms with Gasteiger partial charge in [-0.15, -0.1) is 0 Å². The van der Waals surface area contributed by atoms with Crippen molar-refractivity contribution in [2.24, 2.45) is 17.8 Å². The van der Waals surface area contributed by atoms with Crippen molar-refractivity contribution in [3.8, 4) is 0 Å². The van der Waals surface area contributed by atoms with Crippen LogP contribution in [0.5, 0.6) is 0 Å². The molecule has 1 saturated carbocycles. The normalized spacial score (nSPS) is 33.0. The number of rotatable bonds is 3. The van der Waals surface area contributed by atoms with Gasteiger partial charge < -0.3 is 4.74 Å². The molecule has 2 aliphatic rings. The highest BCUT2D eigenvalue weighted by Gasteiger charge is 2.36. The molecule has 1 heterocycles. The van der Waals surface area contributed by atoms with Gasteiger partial charge in [0.05, 0.1) is 12.5 Å². The van der Waals surface area contributed by atoms with Gasteiger partial charge in [0.1, 0.15) is 0 Å². The molecule has 1 aliphatic heterocycles. The first kappa shape index (κ1) is 11.0. The van der Waals surface area contributed by atoms with Crippen LogP contribution in [0.15, 0.2) is 0 Å². The van der Waals surface area contributed by atoms with Crippen LogP contribution in [0.25, 0.3) is 0 Å². The predicted octanol–water partition coefficient (Wildman–Crippen LogP) is 3.16. The maximum absolute atomic E-state index is 11.4. The Morgan fingerprint density at radius 3 is 2.67 bits per heavy atom. The summed E-state index contributed by atoms with van der Waals surface area (Å²) in [4.78, 5) is 11.4. The molecule has 0 amide bonds. The molecule has 0 N–H and O–H groups in total. The Labute approximate surface area is 92.4 Å². The zero-order chi connectivity index (χ0) is 10.7. The molecule has 86 valence electrons. The van der Waals surface area contributed by atoms with E-state index in [2.05, 4.69) is 6.92 Å². The van der Waals surface area contributed by atoms with Crippen LogP contribution in [-0.4, -0.2) is 12.6 Å². The molecule has 1 unspecified atom stereocenters. The Hall–Kier alpha value is -0.530. The highest BCUT2D eigenvalue weighted by Crippen LogP contribution is 2.35. The van der Waals surface area contributed by atoms with Crippen molar-refractivity contribution in [1.82, 2.24) is 0 Å². The van der Waals surface area contributed by atoms with Crippen molar-refractivity contribution in [1.29, 1.82) is 0 Å². The maximum Gasteiger partial charge on any atom is 0.309 e. The Morgan fingerprint density at radius 1 is 1.27 bits per heavy atom. The molecule has 0 aromatic rings. The SMILES string of the molecule is CCC1C(=O)OC[C@@H]1CC1CCCCC1. The third-order valence-electron chi connectivity index (χ3n) is 4.11. The molecule has 0 aromatic heterocycles. The zero-order valence-corrected chi connectivity index (χ0v) is 9.71. The predicted molar refractivity (Wildman–Crippen MR) is 59.4 cm³/mol. The third kappa shape index (κ3) is 2.53. The van der Waals surface area contributed by atoms with Crippen molar-refractivity contribution < 1.29 is 9.53 Å². The summed E-state index contributed by atoms with van der Waals surface area (Å²) in [6, 6.07) is 0. The van der Waals surface area contributed by atoms with Crippen molar-refractivity contribution >= 4 is 5.97 Å². The molecule has 2 fully saturated rings. The van der Waals surface area contributed by atoms with Gasteiger partial charge in [-0.25, -0.2) is 0 Å². The van der Waals surface area contributed by atoms with Gasteiger partial charge in [-0.3, -0.25) is 4.79 Å². The van der Waals surface area contributed by atoms with E-state index in [0.29, 0.717) is 12.5 Å². The number of carbonyl (C=O) groups excluding carboxylic acids is 1. The molecule has 0 radical (unpaired) electrons. The van der Waals surface area contributed by atoms with E-state index in [1.807, 2.05) is 0 Å². The summed E-state index contributed by atoms with van der Waals surface area (Å²) in [5.41, 5.74) is 0. The van der Waals surface area contributed by atoms with E-state index in [1.165, 1.54) is 38.5 Å². The highest BCUT2D eigenvalue weighted by molar-refractivity contribution is 5.74. The lowest BCUT2D eigenvalue weighted by atomic mass is 9.79. The van der Waals surface area contributed by atoms with E-state index >= 15 is 0 Å². The molecule has 1 saturated heterocycles. The van der Waals surface area contributed by atoms with Crippen LogP contribution in [-0.2, 0) is 9.53 Å². The third-order valence-corrected chi connectivity index (χ3v) is 4.11. The van der Waals surface area contributed by atoms with E-state index in [0.717, 1.165) is 12.3 Å². The molecule has 1 aliphatic carbocycles. The molecule has 2 atom stereocenters. The standard InChI is InChI=1S/C13H22O2/c1-2-12-11(9-15-13(12)14)8-10-6-4-3-5-7-10/h10-12H,2-9H2,1H3/t11-,12?/m0/s1. The van der Waals surface area contributed by atoms with Crippen molar-refractivity contribution in [2.45, 2.75) is 51.9 Å². The highest BCUT2D eigenvalue weighted by atomic mass is 16.5. The van der Waals surface area contributed by atoms with E-state index < -0.39 is 0 Å². The van der Waals surface area contributed by atoms with Gasteiger partial charge in [-0.1, -0.05) is 39.0 Å².